The summed E-state index contributed by atoms with van der Waals surface area (Å²) in [6.45, 7) is 0.0769. The van der Waals surface area contributed by atoms with Crippen molar-refractivity contribution < 1.29 is 27.9 Å². The second-order valence-electron chi connectivity index (χ2n) is 6.62. The predicted octanol–water partition coefficient (Wildman–Crippen LogP) is 1.77. The monoisotopic (exact) mass is 356 g/mol. The number of aliphatic carboxylic acids is 1. The average Bonchev–Trinajstić information content (AvgIpc) is 2.99. The molecule has 25 heavy (non-hydrogen) atoms. The number of carbonyl (C=O) groups excluding carboxylic acids is 1. The van der Waals surface area contributed by atoms with Gasteiger partial charge in [-0.2, -0.15) is 13.2 Å². The van der Waals surface area contributed by atoms with E-state index in [0.29, 0.717) is 19.5 Å². The van der Waals surface area contributed by atoms with Gasteiger partial charge >= 0.3 is 12.1 Å². The van der Waals surface area contributed by atoms with Gasteiger partial charge in [0.15, 0.2) is 0 Å². The smallest absolute Gasteiger partial charge is 0.393 e. The molecule has 1 aromatic rings. The van der Waals surface area contributed by atoms with Gasteiger partial charge in [-0.15, -0.1) is 0 Å². The van der Waals surface area contributed by atoms with Crippen LogP contribution in [0, 0.1) is 11.8 Å². The summed E-state index contributed by atoms with van der Waals surface area (Å²) in [5.74, 6) is -5.18. The summed E-state index contributed by atoms with van der Waals surface area (Å²) in [6.07, 6.45) is -3.87. The number of hydrogen-bond acceptors (Lipinski definition) is 3. The van der Waals surface area contributed by atoms with Crippen LogP contribution < -0.4 is 0 Å². The van der Waals surface area contributed by atoms with E-state index in [1.807, 2.05) is 24.3 Å². The number of alkyl halides is 3. The molecule has 1 N–H and O–H groups in total. The summed E-state index contributed by atoms with van der Waals surface area (Å²) >= 11 is 0. The Bertz CT molecular complexity index is 677. The largest absolute Gasteiger partial charge is 0.481 e. The van der Waals surface area contributed by atoms with Crippen molar-refractivity contribution in [3.05, 3.63) is 35.4 Å². The van der Waals surface area contributed by atoms with Crippen molar-refractivity contribution in [2.45, 2.75) is 19.1 Å². The first-order chi connectivity index (χ1) is 11.8. The fourth-order valence-corrected chi connectivity index (χ4v) is 3.60. The molecule has 2 atom stereocenters. The maximum absolute atomic E-state index is 13.0. The zero-order chi connectivity index (χ0) is 18.2. The van der Waals surface area contributed by atoms with Crippen molar-refractivity contribution in [3.63, 3.8) is 0 Å². The maximum Gasteiger partial charge on any atom is 0.393 e. The molecule has 2 aliphatic heterocycles. The molecule has 0 aliphatic carbocycles. The summed E-state index contributed by atoms with van der Waals surface area (Å²) in [4.78, 5) is 26.5. The molecule has 8 heteroatoms. The number of amides is 1. The highest BCUT2D eigenvalue weighted by molar-refractivity contribution is 5.79. The third-order valence-corrected chi connectivity index (χ3v) is 4.98. The Kier molecular flexibility index (Phi) is 4.73. The van der Waals surface area contributed by atoms with Gasteiger partial charge in [0.25, 0.3) is 0 Å². The highest BCUT2D eigenvalue weighted by Crippen LogP contribution is 2.37. The lowest BCUT2D eigenvalue weighted by Gasteiger charge is -2.30. The van der Waals surface area contributed by atoms with Crippen LogP contribution in [0.5, 0.6) is 0 Å². The van der Waals surface area contributed by atoms with Gasteiger partial charge in [0.2, 0.25) is 5.91 Å². The first kappa shape index (κ1) is 17.7. The van der Waals surface area contributed by atoms with Gasteiger partial charge in [-0.25, -0.2) is 0 Å². The summed E-state index contributed by atoms with van der Waals surface area (Å²) in [5, 5.41) is 9.03. The number of rotatable bonds is 3. The first-order valence-corrected chi connectivity index (χ1v) is 8.12. The van der Waals surface area contributed by atoms with Crippen molar-refractivity contribution in [1.82, 2.24) is 9.80 Å². The van der Waals surface area contributed by atoms with E-state index < -0.39 is 30.5 Å². The van der Waals surface area contributed by atoms with Crippen LogP contribution in [0.15, 0.2) is 24.3 Å². The second kappa shape index (κ2) is 6.67. The molecule has 2 heterocycles. The van der Waals surface area contributed by atoms with Crippen LogP contribution in [0.1, 0.15) is 11.1 Å². The molecule has 1 aromatic carbocycles. The molecule has 5 nitrogen and oxygen atoms in total. The summed E-state index contributed by atoms with van der Waals surface area (Å²) in [6, 6.07) is 7.76. The first-order valence-electron chi connectivity index (χ1n) is 8.12. The van der Waals surface area contributed by atoms with Crippen LogP contribution in [-0.2, 0) is 22.6 Å². The summed E-state index contributed by atoms with van der Waals surface area (Å²) in [5.41, 5.74) is 2.22. The third-order valence-electron chi connectivity index (χ3n) is 4.98. The summed E-state index contributed by atoms with van der Waals surface area (Å²) < 4.78 is 39.0. The number of carboxylic acid groups (broad SMARTS) is 1. The van der Waals surface area contributed by atoms with Crippen LogP contribution in [-0.4, -0.2) is 59.1 Å². The van der Waals surface area contributed by atoms with Gasteiger partial charge in [-0.1, -0.05) is 24.3 Å². The Morgan fingerprint density at radius 3 is 2.44 bits per heavy atom. The van der Waals surface area contributed by atoms with Crippen LogP contribution >= 0.6 is 0 Å². The van der Waals surface area contributed by atoms with Crippen molar-refractivity contribution in [2.75, 3.05) is 26.2 Å². The van der Waals surface area contributed by atoms with E-state index in [4.69, 9.17) is 5.11 Å². The van der Waals surface area contributed by atoms with Crippen molar-refractivity contribution in [1.29, 1.82) is 0 Å². The van der Waals surface area contributed by atoms with Gasteiger partial charge in [0.1, 0.15) is 0 Å². The van der Waals surface area contributed by atoms with Crippen molar-refractivity contribution >= 4 is 11.9 Å². The predicted molar refractivity (Wildman–Crippen MR) is 82.7 cm³/mol. The molecule has 136 valence electrons. The molecule has 1 fully saturated rings. The third kappa shape index (κ3) is 3.78. The van der Waals surface area contributed by atoms with Crippen LogP contribution in [0.2, 0.25) is 0 Å². The molecule has 0 spiro atoms. The molecule has 2 aliphatic rings. The van der Waals surface area contributed by atoms with E-state index in [-0.39, 0.29) is 19.0 Å². The number of carboxylic acids is 1. The van der Waals surface area contributed by atoms with Crippen molar-refractivity contribution in [3.8, 4) is 0 Å². The number of halogens is 3. The van der Waals surface area contributed by atoms with Crippen LogP contribution in [0.3, 0.4) is 0 Å². The SMILES string of the molecule is O=C(O)[C@@H]1CN(CC(=O)N2CCc3ccccc3C2)C[C@H]1C(F)(F)F. The molecular weight excluding hydrogens is 337 g/mol. The van der Waals surface area contributed by atoms with E-state index in [0.717, 1.165) is 5.56 Å². The minimum absolute atomic E-state index is 0.182. The van der Waals surface area contributed by atoms with Gasteiger partial charge in [-0.3, -0.25) is 14.5 Å². The topological polar surface area (TPSA) is 60.9 Å². The van der Waals surface area contributed by atoms with E-state index in [2.05, 4.69) is 0 Å². The molecular formula is C17H19F3N2O3. The van der Waals surface area contributed by atoms with Gasteiger partial charge in [0, 0.05) is 26.2 Å². The Labute approximate surface area is 143 Å². The second-order valence-corrected chi connectivity index (χ2v) is 6.62. The number of carbonyl (C=O) groups is 2. The molecule has 0 saturated carbocycles. The maximum atomic E-state index is 13.0. The molecule has 0 unspecified atom stereocenters. The summed E-state index contributed by atoms with van der Waals surface area (Å²) in [7, 11) is 0. The Morgan fingerprint density at radius 1 is 1.16 bits per heavy atom. The quantitative estimate of drug-likeness (QED) is 0.897. The average molecular weight is 356 g/mol. The molecule has 1 amide bonds. The van der Waals surface area contributed by atoms with Crippen LogP contribution in [0.25, 0.3) is 0 Å². The highest BCUT2D eigenvalue weighted by Gasteiger charge is 2.52. The minimum atomic E-state index is -4.58. The molecule has 0 bridgehead atoms. The molecule has 0 aromatic heterocycles. The highest BCUT2D eigenvalue weighted by atomic mass is 19.4. The van der Waals surface area contributed by atoms with Crippen LogP contribution in [0.4, 0.5) is 13.2 Å². The fraction of sp³-hybridized carbons (Fsp3) is 0.529. The fourth-order valence-electron chi connectivity index (χ4n) is 3.60. The number of nitrogens with zero attached hydrogens (tertiary/aromatic N) is 2. The standard InChI is InChI=1S/C17H19F3N2O3/c18-17(19,20)14-9-21(8-13(14)16(24)25)10-15(23)22-6-5-11-3-1-2-4-12(11)7-22/h1-4,13-14H,5-10H2,(H,24,25)/t13-,14-/m1/s1. The molecule has 0 radical (unpaired) electrons. The Morgan fingerprint density at radius 2 is 1.84 bits per heavy atom. The Balaban J connectivity index is 1.63. The van der Waals surface area contributed by atoms with E-state index in [1.165, 1.54) is 10.5 Å². The van der Waals surface area contributed by atoms with Crippen molar-refractivity contribution in [2.24, 2.45) is 11.8 Å². The van der Waals surface area contributed by atoms with Gasteiger partial charge < -0.3 is 10.0 Å². The van der Waals surface area contributed by atoms with Gasteiger partial charge in [-0.05, 0) is 17.5 Å². The number of hydrogen-bond donors (Lipinski definition) is 1. The lowest BCUT2D eigenvalue weighted by molar-refractivity contribution is -0.188. The van der Waals surface area contributed by atoms with E-state index in [1.54, 1.807) is 4.90 Å². The Hall–Kier alpha value is -2.09. The minimum Gasteiger partial charge on any atom is -0.481 e. The van der Waals surface area contributed by atoms with E-state index >= 15 is 0 Å². The van der Waals surface area contributed by atoms with E-state index in [9.17, 15) is 22.8 Å². The number of likely N-dealkylation sites (tertiary alicyclic amines) is 1. The lowest BCUT2D eigenvalue weighted by Crippen LogP contribution is -2.42. The molecule has 3 rings (SSSR count). The number of benzene rings is 1. The number of fused-ring (bicyclic) bond motifs is 1. The van der Waals surface area contributed by atoms with Gasteiger partial charge in [0.05, 0.1) is 18.4 Å². The normalized spacial score (nSPS) is 24.2. The molecule has 1 saturated heterocycles. The lowest BCUT2D eigenvalue weighted by atomic mass is 9.96. The zero-order valence-electron chi connectivity index (χ0n) is 13.5. The zero-order valence-corrected chi connectivity index (χ0v) is 13.5.